The Morgan fingerprint density at radius 3 is 2.48 bits per heavy atom. The second kappa shape index (κ2) is 9.21. The highest BCUT2D eigenvalue weighted by atomic mass is 16.2. The van der Waals surface area contributed by atoms with Crippen LogP contribution in [0.25, 0.3) is 11.1 Å². The molecule has 2 amide bonds. The standard InChI is InChI=1S/C26H29N3O2/c1-3-4-13-23-18-28(22-14-8-12-21(17-22)20-10-6-5-7-11-20)25(30)19-29(23)26(31)24-15-9-16-27(24)2/h5-12,14-17,23H,3-4,13,18-19H2,1-2H3/t23-/m1/s1. The number of aryl methyl sites for hydroxylation is 1. The number of unbranched alkanes of at least 4 members (excludes halogenated alkanes) is 1. The van der Waals surface area contributed by atoms with Gasteiger partial charge in [-0.25, -0.2) is 0 Å². The molecule has 160 valence electrons. The minimum absolute atomic E-state index is 0.000399. The first-order valence-electron chi connectivity index (χ1n) is 11.0. The molecule has 4 rings (SSSR count). The molecule has 1 saturated heterocycles. The minimum Gasteiger partial charge on any atom is -0.347 e. The van der Waals surface area contributed by atoms with Gasteiger partial charge in [-0.3, -0.25) is 9.59 Å². The molecule has 1 atom stereocenters. The lowest BCUT2D eigenvalue weighted by atomic mass is 10.0. The molecule has 2 aromatic carbocycles. The Balaban J connectivity index is 1.61. The Morgan fingerprint density at radius 1 is 1.00 bits per heavy atom. The van der Waals surface area contributed by atoms with E-state index >= 15 is 0 Å². The third-order valence-electron chi connectivity index (χ3n) is 6.02. The van der Waals surface area contributed by atoms with Gasteiger partial charge < -0.3 is 14.4 Å². The summed E-state index contributed by atoms with van der Waals surface area (Å²) >= 11 is 0. The minimum atomic E-state index is -0.0698. The maximum absolute atomic E-state index is 13.2. The molecule has 0 spiro atoms. The zero-order valence-electron chi connectivity index (χ0n) is 18.2. The second-order valence-corrected chi connectivity index (χ2v) is 8.15. The number of anilines is 1. The molecule has 5 nitrogen and oxygen atoms in total. The monoisotopic (exact) mass is 415 g/mol. The smallest absolute Gasteiger partial charge is 0.271 e. The van der Waals surface area contributed by atoms with Crippen LogP contribution in [0, 0.1) is 0 Å². The van der Waals surface area contributed by atoms with E-state index in [1.165, 1.54) is 0 Å². The molecule has 31 heavy (non-hydrogen) atoms. The van der Waals surface area contributed by atoms with Gasteiger partial charge in [-0.1, -0.05) is 62.2 Å². The highest BCUT2D eigenvalue weighted by molar-refractivity contribution is 6.01. The predicted molar refractivity (Wildman–Crippen MR) is 124 cm³/mol. The molecule has 0 unspecified atom stereocenters. The van der Waals surface area contributed by atoms with Crippen molar-refractivity contribution >= 4 is 17.5 Å². The molecule has 1 aliphatic heterocycles. The van der Waals surface area contributed by atoms with Crippen molar-refractivity contribution in [2.24, 2.45) is 7.05 Å². The number of carbonyl (C=O) groups is 2. The fraction of sp³-hybridized carbons (Fsp3) is 0.308. The number of hydrogen-bond donors (Lipinski definition) is 0. The average Bonchev–Trinajstić information content (AvgIpc) is 3.24. The van der Waals surface area contributed by atoms with Crippen LogP contribution in [0.1, 0.15) is 36.7 Å². The molecule has 5 heteroatoms. The van der Waals surface area contributed by atoms with Crippen LogP contribution in [0.15, 0.2) is 72.9 Å². The number of hydrogen-bond acceptors (Lipinski definition) is 2. The van der Waals surface area contributed by atoms with Gasteiger partial charge in [-0.15, -0.1) is 0 Å². The van der Waals surface area contributed by atoms with Crippen LogP contribution in [0.4, 0.5) is 5.69 Å². The molecule has 3 aromatic rings. The summed E-state index contributed by atoms with van der Waals surface area (Å²) in [5.74, 6) is -0.111. The van der Waals surface area contributed by atoms with Gasteiger partial charge in [0, 0.05) is 25.5 Å². The fourth-order valence-electron chi connectivity index (χ4n) is 4.26. The van der Waals surface area contributed by atoms with Gasteiger partial charge in [0.2, 0.25) is 5.91 Å². The van der Waals surface area contributed by atoms with Gasteiger partial charge in [-0.05, 0) is 41.8 Å². The number of carbonyl (C=O) groups excluding carboxylic acids is 2. The normalized spacial score (nSPS) is 16.6. The number of rotatable bonds is 6. The SMILES string of the molecule is CCCC[C@@H]1CN(c2cccc(-c3ccccc3)c2)C(=O)CN1C(=O)c1cccn1C. The fourth-order valence-corrected chi connectivity index (χ4v) is 4.26. The van der Waals surface area contributed by atoms with Crippen molar-refractivity contribution in [2.75, 3.05) is 18.0 Å². The van der Waals surface area contributed by atoms with Crippen molar-refractivity contribution in [3.8, 4) is 11.1 Å². The molecule has 0 bridgehead atoms. The molecule has 1 aromatic heterocycles. The van der Waals surface area contributed by atoms with Crippen molar-refractivity contribution in [1.29, 1.82) is 0 Å². The lowest BCUT2D eigenvalue weighted by Gasteiger charge is -2.41. The largest absolute Gasteiger partial charge is 0.347 e. The van der Waals surface area contributed by atoms with Crippen LogP contribution in [-0.2, 0) is 11.8 Å². The Morgan fingerprint density at radius 2 is 1.77 bits per heavy atom. The summed E-state index contributed by atoms with van der Waals surface area (Å²) in [4.78, 5) is 30.0. The molecule has 1 aliphatic rings. The first-order chi connectivity index (χ1) is 15.1. The highest BCUT2D eigenvalue weighted by Gasteiger charge is 2.36. The lowest BCUT2D eigenvalue weighted by molar-refractivity contribution is -0.121. The Labute approximate surface area is 183 Å². The number of piperazine rings is 1. The van der Waals surface area contributed by atoms with Gasteiger partial charge in [-0.2, -0.15) is 0 Å². The molecule has 0 N–H and O–H groups in total. The van der Waals surface area contributed by atoms with Gasteiger partial charge in [0.15, 0.2) is 0 Å². The van der Waals surface area contributed by atoms with Gasteiger partial charge in [0.05, 0.1) is 6.04 Å². The van der Waals surface area contributed by atoms with E-state index in [1.807, 2.05) is 65.2 Å². The Bertz CT molecular complexity index is 1060. The quantitative estimate of drug-likeness (QED) is 0.584. The first kappa shape index (κ1) is 20.9. The van der Waals surface area contributed by atoms with Crippen molar-refractivity contribution in [3.05, 3.63) is 78.6 Å². The van der Waals surface area contributed by atoms with Crippen LogP contribution >= 0.6 is 0 Å². The van der Waals surface area contributed by atoms with Crippen LogP contribution in [0.3, 0.4) is 0 Å². The van der Waals surface area contributed by atoms with Crippen LogP contribution in [0.5, 0.6) is 0 Å². The number of amides is 2. The third-order valence-corrected chi connectivity index (χ3v) is 6.02. The van der Waals surface area contributed by atoms with E-state index < -0.39 is 0 Å². The van der Waals surface area contributed by atoms with E-state index in [9.17, 15) is 9.59 Å². The summed E-state index contributed by atoms with van der Waals surface area (Å²) < 4.78 is 1.82. The van der Waals surface area contributed by atoms with Crippen LogP contribution < -0.4 is 4.90 Å². The van der Waals surface area contributed by atoms with E-state index in [0.29, 0.717) is 12.2 Å². The Kier molecular flexibility index (Phi) is 6.21. The second-order valence-electron chi connectivity index (χ2n) is 8.15. The number of aromatic nitrogens is 1. The first-order valence-corrected chi connectivity index (χ1v) is 11.0. The van der Waals surface area contributed by atoms with Crippen LogP contribution in [-0.4, -0.2) is 40.4 Å². The molecule has 2 heterocycles. The Hall–Kier alpha value is -3.34. The molecule has 1 fully saturated rings. The maximum Gasteiger partial charge on any atom is 0.271 e. The molecular weight excluding hydrogens is 386 g/mol. The third kappa shape index (κ3) is 4.41. The van der Waals surface area contributed by atoms with E-state index in [4.69, 9.17) is 0 Å². The molecule has 0 aliphatic carbocycles. The van der Waals surface area contributed by atoms with Gasteiger partial charge in [0.25, 0.3) is 5.91 Å². The van der Waals surface area contributed by atoms with Crippen molar-refractivity contribution < 1.29 is 9.59 Å². The molecular formula is C26H29N3O2. The van der Waals surface area contributed by atoms with E-state index in [0.717, 1.165) is 36.1 Å². The van der Waals surface area contributed by atoms with E-state index in [-0.39, 0.29) is 24.4 Å². The zero-order chi connectivity index (χ0) is 21.8. The van der Waals surface area contributed by atoms with E-state index in [2.05, 4.69) is 31.2 Å². The molecule has 0 radical (unpaired) electrons. The summed E-state index contributed by atoms with van der Waals surface area (Å²) in [6, 6.07) is 22.0. The molecule has 0 saturated carbocycles. The van der Waals surface area contributed by atoms with Crippen LogP contribution in [0.2, 0.25) is 0 Å². The summed E-state index contributed by atoms with van der Waals surface area (Å²) in [5.41, 5.74) is 3.71. The van der Waals surface area contributed by atoms with Crippen molar-refractivity contribution in [3.63, 3.8) is 0 Å². The number of nitrogens with zero attached hydrogens (tertiary/aromatic N) is 3. The lowest BCUT2D eigenvalue weighted by Crippen LogP contribution is -2.58. The zero-order valence-corrected chi connectivity index (χ0v) is 18.2. The topological polar surface area (TPSA) is 45.6 Å². The highest BCUT2D eigenvalue weighted by Crippen LogP contribution is 2.28. The van der Waals surface area contributed by atoms with E-state index in [1.54, 1.807) is 4.90 Å². The predicted octanol–water partition coefficient (Wildman–Crippen LogP) is 4.74. The average molecular weight is 416 g/mol. The summed E-state index contributed by atoms with van der Waals surface area (Å²) in [6.45, 7) is 2.78. The summed E-state index contributed by atoms with van der Waals surface area (Å²) in [7, 11) is 1.86. The van der Waals surface area contributed by atoms with Crippen molar-refractivity contribution in [2.45, 2.75) is 32.2 Å². The summed E-state index contributed by atoms with van der Waals surface area (Å²) in [5, 5.41) is 0. The van der Waals surface area contributed by atoms with Gasteiger partial charge >= 0.3 is 0 Å². The van der Waals surface area contributed by atoms with Gasteiger partial charge in [0.1, 0.15) is 12.2 Å². The van der Waals surface area contributed by atoms with Crippen molar-refractivity contribution in [1.82, 2.24) is 9.47 Å². The summed E-state index contributed by atoms with van der Waals surface area (Å²) in [6.07, 6.45) is 4.82. The number of benzene rings is 2. The maximum atomic E-state index is 13.2.